The zero-order valence-corrected chi connectivity index (χ0v) is 11.4. The Labute approximate surface area is 118 Å². The summed E-state index contributed by atoms with van der Waals surface area (Å²) in [5.74, 6) is -0.188. The van der Waals surface area contributed by atoms with Crippen LogP contribution in [-0.4, -0.2) is 21.8 Å². The molecule has 1 fully saturated rings. The maximum absolute atomic E-state index is 12.6. The molecule has 1 saturated carbocycles. The number of pyridine rings is 1. The fourth-order valence-electron chi connectivity index (χ4n) is 2.24. The third-order valence-corrected chi connectivity index (χ3v) is 4.53. The number of carbonyl (C=O) groups is 1. The number of aromatic carboxylic acids is 1. The summed E-state index contributed by atoms with van der Waals surface area (Å²) >= 11 is 1.11. The predicted molar refractivity (Wildman–Crippen MR) is 68.9 cm³/mol. The van der Waals surface area contributed by atoms with Crippen molar-refractivity contribution in [3.8, 4) is 0 Å². The van der Waals surface area contributed by atoms with E-state index >= 15 is 0 Å². The van der Waals surface area contributed by atoms with Crippen molar-refractivity contribution in [3.05, 3.63) is 23.4 Å². The molecule has 0 amide bonds. The normalized spacial score (nSPS) is 16.6. The number of nitrogens with zero attached hydrogens (tertiary/aromatic N) is 1. The molecule has 0 saturated heterocycles. The van der Waals surface area contributed by atoms with Gasteiger partial charge >= 0.3 is 12.1 Å². The van der Waals surface area contributed by atoms with Crippen molar-refractivity contribution in [1.82, 2.24) is 4.98 Å². The molecule has 1 aliphatic rings. The molecule has 0 radical (unpaired) electrons. The maximum atomic E-state index is 12.6. The molecule has 1 aromatic heterocycles. The summed E-state index contributed by atoms with van der Waals surface area (Å²) in [6, 6.07) is 1.69. The molecule has 2 rings (SSSR count). The van der Waals surface area contributed by atoms with Gasteiger partial charge in [0.2, 0.25) is 0 Å². The van der Waals surface area contributed by atoms with Gasteiger partial charge < -0.3 is 5.11 Å². The van der Waals surface area contributed by atoms with E-state index in [-0.39, 0.29) is 10.6 Å². The molecule has 0 unspecified atom stereocenters. The average Bonchev–Trinajstić information content (AvgIpc) is 2.87. The van der Waals surface area contributed by atoms with Crippen LogP contribution in [0.25, 0.3) is 0 Å². The molecule has 0 aromatic carbocycles. The lowest BCUT2D eigenvalue weighted by molar-refractivity contribution is -0.141. The van der Waals surface area contributed by atoms with Gasteiger partial charge in [-0.05, 0) is 30.9 Å². The zero-order valence-electron chi connectivity index (χ0n) is 10.6. The van der Waals surface area contributed by atoms with E-state index in [1.165, 1.54) is 0 Å². The molecule has 1 N–H and O–H groups in total. The summed E-state index contributed by atoms with van der Waals surface area (Å²) in [6.07, 6.45) is -0.192. The van der Waals surface area contributed by atoms with E-state index in [4.69, 9.17) is 5.11 Å². The van der Waals surface area contributed by atoms with Gasteiger partial charge in [0.25, 0.3) is 0 Å². The second-order valence-electron chi connectivity index (χ2n) is 4.81. The fourth-order valence-corrected chi connectivity index (χ4v) is 3.45. The number of thioether (sulfide) groups is 1. The Morgan fingerprint density at radius 3 is 2.55 bits per heavy atom. The van der Waals surface area contributed by atoms with Crippen molar-refractivity contribution in [2.45, 2.75) is 36.9 Å². The lowest BCUT2D eigenvalue weighted by Crippen LogP contribution is -2.11. The molecule has 1 heterocycles. The number of alkyl halides is 3. The molecule has 0 bridgehead atoms. The van der Waals surface area contributed by atoms with Crippen LogP contribution < -0.4 is 0 Å². The van der Waals surface area contributed by atoms with Crippen molar-refractivity contribution in [3.63, 3.8) is 0 Å². The molecular formula is C13H14F3NO2S. The number of halogens is 3. The third kappa shape index (κ3) is 3.65. The average molecular weight is 305 g/mol. The van der Waals surface area contributed by atoms with Crippen LogP contribution >= 0.6 is 11.8 Å². The van der Waals surface area contributed by atoms with Crippen LogP contribution in [0.15, 0.2) is 17.2 Å². The van der Waals surface area contributed by atoms with E-state index in [0.717, 1.165) is 43.5 Å². The standard InChI is InChI=1S/C13H14F3NO2S/c14-13(15,16)10-6-5-9(12(18)19)11(17-10)20-7-8-3-1-2-4-8/h5-6,8H,1-4,7H2,(H,18,19). The third-order valence-electron chi connectivity index (χ3n) is 3.31. The maximum Gasteiger partial charge on any atom is 0.433 e. The molecule has 0 spiro atoms. The molecule has 1 aromatic rings. The molecule has 0 aliphatic heterocycles. The number of carboxylic acids is 1. The van der Waals surface area contributed by atoms with E-state index in [9.17, 15) is 18.0 Å². The first-order valence-corrected chi connectivity index (χ1v) is 7.31. The van der Waals surface area contributed by atoms with Crippen molar-refractivity contribution < 1.29 is 23.1 Å². The molecule has 110 valence electrons. The largest absolute Gasteiger partial charge is 0.478 e. The van der Waals surface area contributed by atoms with Gasteiger partial charge in [-0.3, -0.25) is 0 Å². The second kappa shape index (κ2) is 6.03. The number of hydrogen-bond donors (Lipinski definition) is 1. The van der Waals surface area contributed by atoms with E-state index in [2.05, 4.69) is 4.98 Å². The quantitative estimate of drug-likeness (QED) is 0.852. The lowest BCUT2D eigenvalue weighted by Gasteiger charge is -2.12. The molecule has 7 heteroatoms. The first-order valence-electron chi connectivity index (χ1n) is 6.32. The van der Waals surface area contributed by atoms with Gasteiger partial charge in [-0.25, -0.2) is 9.78 Å². The minimum atomic E-state index is -4.56. The van der Waals surface area contributed by atoms with Crippen LogP contribution in [0.4, 0.5) is 13.2 Å². The van der Waals surface area contributed by atoms with Crippen LogP contribution in [0, 0.1) is 5.92 Å². The fraction of sp³-hybridized carbons (Fsp3) is 0.538. The minimum Gasteiger partial charge on any atom is -0.478 e. The number of carboxylic acid groups (broad SMARTS) is 1. The smallest absolute Gasteiger partial charge is 0.433 e. The monoisotopic (exact) mass is 305 g/mol. The summed E-state index contributed by atoms with van der Waals surface area (Å²) in [5, 5.41) is 8.97. The van der Waals surface area contributed by atoms with Gasteiger partial charge in [0.1, 0.15) is 10.7 Å². The summed E-state index contributed by atoms with van der Waals surface area (Å²) in [5.41, 5.74) is -1.21. The first-order chi connectivity index (χ1) is 9.38. The topological polar surface area (TPSA) is 50.2 Å². The van der Waals surface area contributed by atoms with Crippen molar-refractivity contribution in [2.75, 3.05) is 5.75 Å². The Morgan fingerprint density at radius 2 is 2.00 bits per heavy atom. The Bertz CT molecular complexity index is 499. The van der Waals surface area contributed by atoms with Gasteiger partial charge in [-0.15, -0.1) is 11.8 Å². The second-order valence-corrected chi connectivity index (χ2v) is 5.82. The van der Waals surface area contributed by atoms with Gasteiger partial charge in [0.15, 0.2) is 0 Å². The Morgan fingerprint density at radius 1 is 1.35 bits per heavy atom. The van der Waals surface area contributed by atoms with Gasteiger partial charge in [0.05, 0.1) is 5.56 Å². The van der Waals surface area contributed by atoms with E-state index in [1.807, 2.05) is 0 Å². The van der Waals surface area contributed by atoms with Gasteiger partial charge in [0, 0.05) is 5.75 Å². The number of hydrogen-bond acceptors (Lipinski definition) is 3. The summed E-state index contributed by atoms with van der Waals surface area (Å²) in [4.78, 5) is 14.5. The summed E-state index contributed by atoms with van der Waals surface area (Å²) in [7, 11) is 0. The number of aromatic nitrogens is 1. The Kier molecular flexibility index (Phi) is 4.57. The Hall–Kier alpha value is -1.24. The van der Waals surface area contributed by atoms with Crippen LogP contribution in [0.3, 0.4) is 0 Å². The highest BCUT2D eigenvalue weighted by Crippen LogP contribution is 2.34. The minimum absolute atomic E-state index is 0.0424. The highest BCUT2D eigenvalue weighted by atomic mass is 32.2. The van der Waals surface area contributed by atoms with Crippen LogP contribution in [0.2, 0.25) is 0 Å². The Balaban J connectivity index is 2.20. The van der Waals surface area contributed by atoms with Crippen molar-refractivity contribution in [2.24, 2.45) is 5.92 Å². The number of rotatable bonds is 4. The highest BCUT2D eigenvalue weighted by Gasteiger charge is 2.33. The van der Waals surface area contributed by atoms with E-state index in [1.54, 1.807) is 0 Å². The molecular weight excluding hydrogens is 291 g/mol. The van der Waals surface area contributed by atoms with Crippen LogP contribution in [0.5, 0.6) is 0 Å². The van der Waals surface area contributed by atoms with Crippen LogP contribution in [0.1, 0.15) is 41.7 Å². The molecule has 3 nitrogen and oxygen atoms in total. The van der Waals surface area contributed by atoms with Crippen molar-refractivity contribution in [1.29, 1.82) is 0 Å². The van der Waals surface area contributed by atoms with Gasteiger partial charge in [-0.1, -0.05) is 12.8 Å². The van der Waals surface area contributed by atoms with Gasteiger partial charge in [-0.2, -0.15) is 13.2 Å². The summed E-state index contributed by atoms with van der Waals surface area (Å²) < 4.78 is 37.9. The SMILES string of the molecule is O=C(O)c1ccc(C(F)(F)F)nc1SCC1CCCC1. The molecule has 0 atom stereocenters. The lowest BCUT2D eigenvalue weighted by atomic mass is 10.1. The molecule has 20 heavy (non-hydrogen) atoms. The molecule has 1 aliphatic carbocycles. The predicted octanol–water partition coefficient (Wildman–Crippen LogP) is 4.08. The first kappa shape index (κ1) is 15.2. The van der Waals surface area contributed by atoms with E-state index < -0.39 is 17.8 Å². The van der Waals surface area contributed by atoms with Crippen molar-refractivity contribution >= 4 is 17.7 Å². The zero-order chi connectivity index (χ0) is 14.8. The van der Waals surface area contributed by atoms with Crippen LogP contribution in [-0.2, 0) is 6.18 Å². The van der Waals surface area contributed by atoms with E-state index in [0.29, 0.717) is 17.7 Å². The summed E-state index contributed by atoms with van der Waals surface area (Å²) in [6.45, 7) is 0. The highest BCUT2D eigenvalue weighted by molar-refractivity contribution is 7.99.